The first kappa shape index (κ1) is 7.09. The number of hydrogen-bond donors (Lipinski definition) is 0. The van der Waals surface area contributed by atoms with E-state index in [-0.39, 0.29) is 12.4 Å². The van der Waals surface area contributed by atoms with Crippen molar-refractivity contribution in [2.45, 2.75) is 0 Å². The predicted molar refractivity (Wildman–Crippen MR) is 34.5 cm³/mol. The van der Waals surface area contributed by atoms with Crippen molar-refractivity contribution in [3.05, 3.63) is 6.33 Å². The summed E-state index contributed by atoms with van der Waals surface area (Å²) < 4.78 is 1.50. The fourth-order valence-corrected chi connectivity index (χ4v) is 0.348. The lowest BCUT2D eigenvalue weighted by Crippen LogP contribution is -1.75. The third-order valence-electron chi connectivity index (χ3n) is 0.324. The Bertz CT molecular complexity index is 115. The van der Waals surface area contributed by atoms with Gasteiger partial charge in [0.25, 0.3) is 0 Å². The predicted octanol–water partition coefficient (Wildman–Crippen LogP) is 0.293. The van der Waals surface area contributed by atoms with E-state index >= 15 is 0 Å². The van der Waals surface area contributed by atoms with Crippen molar-refractivity contribution in [1.82, 2.24) is 18.4 Å². The van der Waals surface area contributed by atoms with Crippen LogP contribution in [0.25, 0.3) is 0 Å². The van der Waals surface area contributed by atoms with Crippen LogP contribution in [0.3, 0.4) is 0 Å². The lowest BCUT2D eigenvalue weighted by Gasteiger charge is -1.67. The quantitative estimate of drug-likeness (QED) is 0.604. The van der Waals surface area contributed by atoms with Crippen LogP contribution in [0.15, 0.2) is 6.33 Å². The van der Waals surface area contributed by atoms with Crippen LogP contribution in [0, 0.1) is 0 Å². The van der Waals surface area contributed by atoms with Crippen LogP contribution in [0.1, 0.15) is 0 Å². The Hall–Kier alpha value is 0.0900. The molecule has 0 amide bonds. The van der Waals surface area contributed by atoms with Crippen molar-refractivity contribution in [3.8, 4) is 0 Å². The number of hydrogen-bond acceptors (Lipinski definition) is 3. The monoisotopic (exact) mass is 232 g/mol. The number of nitrogens with zero attached hydrogens (tertiary/aromatic N) is 4. The van der Waals surface area contributed by atoms with E-state index in [1.165, 1.54) is 9.22 Å². The van der Waals surface area contributed by atoms with E-state index in [9.17, 15) is 0 Å². The lowest BCUT2D eigenvalue weighted by atomic mass is 11.4. The van der Waals surface area contributed by atoms with Gasteiger partial charge in [-0.1, -0.05) is 0 Å². The Balaban J connectivity index is 0.000000360. The molecule has 6 heteroatoms. The number of tetrazole rings is 1. The minimum Gasteiger partial charge on any atom is -0.171 e. The highest BCUT2D eigenvalue weighted by Crippen LogP contribution is 1.79. The van der Waals surface area contributed by atoms with Gasteiger partial charge in [0.05, 0.1) is 22.9 Å². The normalized spacial score (nSPS) is 7.57. The van der Waals surface area contributed by atoms with E-state index in [0.29, 0.717) is 0 Å². The molecule has 4 nitrogen and oxygen atoms in total. The average molecular weight is 232 g/mol. The van der Waals surface area contributed by atoms with E-state index in [1.807, 2.05) is 22.9 Å². The zero-order chi connectivity index (χ0) is 4.41. The van der Waals surface area contributed by atoms with Gasteiger partial charge in [-0.25, -0.2) is 0 Å². The second-order valence-electron chi connectivity index (χ2n) is 0.698. The molecular formula is CH2ClIN4. The van der Waals surface area contributed by atoms with Crippen LogP contribution in [-0.2, 0) is 0 Å². The van der Waals surface area contributed by atoms with Gasteiger partial charge in [0.2, 0.25) is 0 Å². The van der Waals surface area contributed by atoms with Crippen LogP contribution >= 0.6 is 35.3 Å². The second kappa shape index (κ2) is 3.14. The van der Waals surface area contributed by atoms with Crippen LogP contribution in [0.5, 0.6) is 0 Å². The molecule has 0 unspecified atom stereocenters. The molecular weight excluding hydrogens is 230 g/mol. The molecule has 0 N–H and O–H groups in total. The van der Waals surface area contributed by atoms with E-state index in [1.54, 1.807) is 0 Å². The molecule has 0 aliphatic heterocycles. The average Bonchev–Trinajstić information content (AvgIpc) is 1.86. The Morgan fingerprint density at radius 1 is 1.57 bits per heavy atom. The SMILES string of the molecule is Cl.In1cnnn1. The van der Waals surface area contributed by atoms with Gasteiger partial charge in [-0.2, -0.15) is 2.90 Å². The summed E-state index contributed by atoms with van der Waals surface area (Å²) in [6.07, 6.45) is 1.51. The fraction of sp³-hybridized carbons (Fsp3) is 0. The molecule has 0 fully saturated rings. The Morgan fingerprint density at radius 3 is 2.43 bits per heavy atom. The van der Waals surface area contributed by atoms with Gasteiger partial charge in [0, 0.05) is 0 Å². The summed E-state index contributed by atoms with van der Waals surface area (Å²) in [7, 11) is 0. The van der Waals surface area contributed by atoms with Crippen molar-refractivity contribution in [1.29, 1.82) is 0 Å². The molecule has 1 aromatic heterocycles. The highest BCUT2D eigenvalue weighted by molar-refractivity contribution is 14.1. The zero-order valence-corrected chi connectivity index (χ0v) is 6.13. The van der Waals surface area contributed by atoms with Crippen molar-refractivity contribution < 1.29 is 0 Å². The topological polar surface area (TPSA) is 43.6 Å². The van der Waals surface area contributed by atoms with E-state index < -0.39 is 0 Å². The van der Waals surface area contributed by atoms with Gasteiger partial charge in [-0.05, 0) is 10.4 Å². The van der Waals surface area contributed by atoms with E-state index in [4.69, 9.17) is 0 Å². The summed E-state index contributed by atoms with van der Waals surface area (Å²) in [5.41, 5.74) is 0. The van der Waals surface area contributed by atoms with Gasteiger partial charge >= 0.3 is 0 Å². The summed E-state index contributed by atoms with van der Waals surface area (Å²) >= 11 is 1.96. The maximum absolute atomic E-state index is 3.46. The number of aromatic nitrogens is 4. The van der Waals surface area contributed by atoms with Crippen LogP contribution in [0.4, 0.5) is 0 Å². The first-order chi connectivity index (χ1) is 2.89. The van der Waals surface area contributed by atoms with Gasteiger partial charge in [-0.15, -0.1) is 17.5 Å². The zero-order valence-electron chi connectivity index (χ0n) is 3.15. The minimum absolute atomic E-state index is 0. The minimum atomic E-state index is 0. The third kappa shape index (κ3) is 2.03. The molecule has 0 saturated carbocycles. The molecule has 0 aliphatic rings. The maximum Gasteiger partial charge on any atom is 0.149 e. The van der Waals surface area contributed by atoms with Crippen LogP contribution in [-0.4, -0.2) is 18.4 Å². The van der Waals surface area contributed by atoms with Crippen LogP contribution in [0.2, 0.25) is 0 Å². The molecule has 1 aromatic rings. The summed E-state index contributed by atoms with van der Waals surface area (Å²) in [4.78, 5) is 0. The first-order valence-electron chi connectivity index (χ1n) is 1.29. The molecule has 0 aromatic carbocycles. The van der Waals surface area contributed by atoms with E-state index in [2.05, 4.69) is 15.5 Å². The number of rotatable bonds is 0. The van der Waals surface area contributed by atoms with Crippen molar-refractivity contribution in [2.24, 2.45) is 0 Å². The van der Waals surface area contributed by atoms with Crippen LogP contribution < -0.4 is 0 Å². The number of halogens is 2. The summed E-state index contributed by atoms with van der Waals surface area (Å²) in [5.74, 6) is 0. The molecule has 0 spiro atoms. The smallest absolute Gasteiger partial charge is 0.149 e. The molecule has 1 heterocycles. The van der Waals surface area contributed by atoms with Crippen molar-refractivity contribution in [3.63, 3.8) is 0 Å². The molecule has 0 radical (unpaired) electrons. The standard InChI is InChI=1S/CHIN4.ClH/c2-6-1-3-4-5-6;/h1H;1H. The first-order valence-corrected chi connectivity index (χ1v) is 2.25. The second-order valence-corrected chi connectivity index (χ2v) is 1.69. The summed E-state index contributed by atoms with van der Waals surface area (Å²) in [5, 5.41) is 10.2. The highest BCUT2D eigenvalue weighted by Gasteiger charge is 1.75. The van der Waals surface area contributed by atoms with Gasteiger partial charge in [0.15, 0.2) is 0 Å². The van der Waals surface area contributed by atoms with Crippen molar-refractivity contribution >= 4 is 35.3 Å². The fourth-order valence-electron chi connectivity index (χ4n) is 0.150. The van der Waals surface area contributed by atoms with Gasteiger partial charge in [0.1, 0.15) is 6.33 Å². The Morgan fingerprint density at radius 2 is 2.29 bits per heavy atom. The van der Waals surface area contributed by atoms with Gasteiger partial charge < -0.3 is 0 Å². The Labute approximate surface area is 60.2 Å². The van der Waals surface area contributed by atoms with E-state index in [0.717, 1.165) is 0 Å². The molecule has 0 saturated heterocycles. The highest BCUT2D eigenvalue weighted by atomic mass is 127. The van der Waals surface area contributed by atoms with Crippen molar-refractivity contribution in [2.75, 3.05) is 0 Å². The largest absolute Gasteiger partial charge is 0.171 e. The summed E-state index contributed by atoms with van der Waals surface area (Å²) in [6, 6.07) is 0. The molecule has 0 atom stereocenters. The van der Waals surface area contributed by atoms with Gasteiger partial charge in [-0.3, -0.25) is 0 Å². The Kier molecular flexibility index (Phi) is 3.18. The third-order valence-corrected chi connectivity index (χ3v) is 0.766. The molecule has 40 valence electrons. The molecule has 0 aliphatic carbocycles. The molecule has 7 heavy (non-hydrogen) atoms. The molecule has 1 rings (SSSR count). The maximum atomic E-state index is 3.46. The lowest BCUT2D eigenvalue weighted by molar-refractivity contribution is 0.870. The summed E-state index contributed by atoms with van der Waals surface area (Å²) in [6.45, 7) is 0. The molecule has 0 bridgehead atoms.